The summed E-state index contributed by atoms with van der Waals surface area (Å²) in [6.45, 7) is 2.43. The van der Waals surface area contributed by atoms with Crippen molar-refractivity contribution in [3.63, 3.8) is 0 Å². The van der Waals surface area contributed by atoms with Gasteiger partial charge in [-0.25, -0.2) is 9.97 Å². The van der Waals surface area contributed by atoms with E-state index in [2.05, 4.69) is 15.3 Å². The molecule has 1 N–H and O–H groups in total. The Morgan fingerprint density at radius 3 is 2.46 bits per heavy atom. The lowest BCUT2D eigenvalue weighted by Crippen LogP contribution is -2.26. The van der Waals surface area contributed by atoms with Gasteiger partial charge in [0.25, 0.3) is 5.56 Å². The molecule has 0 saturated carbocycles. The number of hydrogen-bond acceptors (Lipinski definition) is 6. The van der Waals surface area contributed by atoms with Gasteiger partial charge in [0.2, 0.25) is 0 Å². The number of halogens is 1. The third kappa shape index (κ3) is 4.94. The summed E-state index contributed by atoms with van der Waals surface area (Å²) in [7, 11) is 1.63. The number of aromatic nitrogens is 4. The monoisotopic (exact) mass is 563 g/mol. The molecule has 0 spiro atoms. The third-order valence-corrected chi connectivity index (χ3v) is 7.41. The van der Waals surface area contributed by atoms with Crippen LogP contribution >= 0.6 is 11.6 Å². The van der Waals surface area contributed by atoms with E-state index in [9.17, 15) is 9.59 Å². The number of benzene rings is 3. The SMILES string of the molecule is COc1ccc(Cn2ccc(=O)c3c(N[C@@H](C)c4cc5cccc(Cl)c5c(=O)n4-c4ccccc4)ncnc32)cc1. The lowest BCUT2D eigenvalue weighted by Gasteiger charge is -2.22. The van der Waals surface area contributed by atoms with E-state index in [1.54, 1.807) is 23.9 Å². The molecule has 0 aliphatic heterocycles. The van der Waals surface area contributed by atoms with Gasteiger partial charge in [-0.15, -0.1) is 0 Å². The molecule has 9 heteroatoms. The molecule has 6 rings (SSSR count). The summed E-state index contributed by atoms with van der Waals surface area (Å²) in [4.78, 5) is 35.9. The largest absolute Gasteiger partial charge is 0.497 e. The third-order valence-electron chi connectivity index (χ3n) is 7.10. The second kappa shape index (κ2) is 10.9. The molecule has 41 heavy (non-hydrogen) atoms. The van der Waals surface area contributed by atoms with Crippen LogP contribution in [0.3, 0.4) is 0 Å². The van der Waals surface area contributed by atoms with E-state index < -0.39 is 6.04 Å². The topological polar surface area (TPSA) is 91.0 Å². The number of nitrogens with one attached hydrogen (secondary N) is 1. The maximum atomic E-state index is 13.8. The van der Waals surface area contributed by atoms with Gasteiger partial charge < -0.3 is 14.6 Å². The molecule has 0 fully saturated rings. The minimum absolute atomic E-state index is 0.202. The number of nitrogens with zero attached hydrogens (tertiary/aromatic N) is 4. The summed E-state index contributed by atoms with van der Waals surface area (Å²) in [6.07, 6.45) is 3.17. The highest BCUT2D eigenvalue weighted by atomic mass is 35.5. The lowest BCUT2D eigenvalue weighted by atomic mass is 10.1. The molecule has 0 aliphatic rings. The van der Waals surface area contributed by atoms with E-state index in [0.29, 0.717) is 45.2 Å². The van der Waals surface area contributed by atoms with Crippen LogP contribution < -0.4 is 21.0 Å². The maximum Gasteiger partial charge on any atom is 0.264 e. The number of anilines is 1. The van der Waals surface area contributed by atoms with Gasteiger partial charge in [0.1, 0.15) is 28.9 Å². The van der Waals surface area contributed by atoms with E-state index in [1.165, 1.54) is 12.4 Å². The van der Waals surface area contributed by atoms with Crippen molar-refractivity contribution in [1.82, 2.24) is 19.1 Å². The minimum Gasteiger partial charge on any atom is -0.497 e. The van der Waals surface area contributed by atoms with Crippen LogP contribution in [0.5, 0.6) is 5.75 Å². The van der Waals surface area contributed by atoms with Crippen molar-refractivity contribution in [3.05, 3.63) is 134 Å². The van der Waals surface area contributed by atoms with E-state index in [4.69, 9.17) is 16.3 Å². The van der Waals surface area contributed by atoms with Gasteiger partial charge in [-0.1, -0.05) is 54.1 Å². The van der Waals surface area contributed by atoms with Gasteiger partial charge >= 0.3 is 0 Å². The first-order chi connectivity index (χ1) is 19.9. The average molecular weight is 564 g/mol. The molecule has 204 valence electrons. The molecule has 3 heterocycles. The highest BCUT2D eigenvalue weighted by Gasteiger charge is 2.20. The first-order valence-electron chi connectivity index (χ1n) is 13.1. The highest BCUT2D eigenvalue weighted by molar-refractivity contribution is 6.35. The molecule has 8 nitrogen and oxygen atoms in total. The number of rotatable bonds is 7. The van der Waals surface area contributed by atoms with E-state index in [0.717, 1.165) is 16.7 Å². The van der Waals surface area contributed by atoms with Crippen molar-refractivity contribution in [2.75, 3.05) is 12.4 Å². The fourth-order valence-corrected chi connectivity index (χ4v) is 5.34. The Bertz CT molecular complexity index is 2000. The zero-order valence-corrected chi connectivity index (χ0v) is 23.2. The number of hydrogen-bond donors (Lipinski definition) is 1. The Kier molecular flexibility index (Phi) is 6.99. The molecule has 3 aromatic carbocycles. The van der Waals surface area contributed by atoms with E-state index in [-0.39, 0.29) is 11.0 Å². The lowest BCUT2D eigenvalue weighted by molar-refractivity contribution is 0.414. The van der Waals surface area contributed by atoms with Crippen molar-refractivity contribution in [2.45, 2.75) is 19.5 Å². The second-order valence-electron chi connectivity index (χ2n) is 9.69. The van der Waals surface area contributed by atoms with Gasteiger partial charge in [0, 0.05) is 30.2 Å². The number of methoxy groups -OCH3 is 1. The molecule has 0 radical (unpaired) electrons. The van der Waals surface area contributed by atoms with E-state index >= 15 is 0 Å². The Morgan fingerprint density at radius 2 is 1.71 bits per heavy atom. The van der Waals surface area contributed by atoms with Crippen LogP contribution in [0.4, 0.5) is 5.82 Å². The molecule has 0 amide bonds. The number of pyridine rings is 2. The van der Waals surface area contributed by atoms with Crippen molar-refractivity contribution in [1.29, 1.82) is 0 Å². The summed E-state index contributed by atoms with van der Waals surface area (Å²) in [6, 6.07) is 25.6. The van der Waals surface area contributed by atoms with Gasteiger partial charge in [-0.2, -0.15) is 0 Å². The highest BCUT2D eigenvalue weighted by Crippen LogP contribution is 2.28. The van der Waals surface area contributed by atoms with Crippen molar-refractivity contribution < 1.29 is 4.74 Å². The maximum absolute atomic E-state index is 13.8. The molecule has 0 saturated heterocycles. The van der Waals surface area contributed by atoms with Crippen LogP contribution in [0.2, 0.25) is 5.02 Å². The van der Waals surface area contributed by atoms with Crippen LogP contribution in [-0.2, 0) is 6.54 Å². The zero-order chi connectivity index (χ0) is 28.5. The summed E-state index contributed by atoms with van der Waals surface area (Å²) in [5.41, 5.74) is 2.50. The predicted molar refractivity (Wildman–Crippen MR) is 162 cm³/mol. The van der Waals surface area contributed by atoms with Crippen LogP contribution in [0, 0.1) is 0 Å². The van der Waals surface area contributed by atoms with Crippen molar-refractivity contribution in [2.24, 2.45) is 0 Å². The Morgan fingerprint density at radius 1 is 0.927 bits per heavy atom. The summed E-state index contributed by atoms with van der Waals surface area (Å²) in [5, 5.41) is 5.33. The number of ether oxygens (including phenoxy) is 1. The predicted octanol–water partition coefficient (Wildman–Crippen LogP) is 5.98. The molecule has 1 atom stereocenters. The zero-order valence-electron chi connectivity index (χ0n) is 22.4. The average Bonchev–Trinajstić information content (AvgIpc) is 2.99. The first-order valence-corrected chi connectivity index (χ1v) is 13.5. The van der Waals surface area contributed by atoms with Crippen LogP contribution in [0.15, 0.2) is 107 Å². The number of fused-ring (bicyclic) bond motifs is 2. The Labute approximate surface area is 240 Å². The van der Waals surface area contributed by atoms with Crippen LogP contribution in [0.25, 0.3) is 27.5 Å². The second-order valence-corrected chi connectivity index (χ2v) is 10.1. The summed E-state index contributed by atoms with van der Waals surface area (Å²) in [5.74, 6) is 1.15. The Balaban J connectivity index is 1.45. The minimum atomic E-state index is -0.418. The van der Waals surface area contributed by atoms with Gasteiger partial charge in [0.05, 0.1) is 23.6 Å². The summed E-state index contributed by atoms with van der Waals surface area (Å²) >= 11 is 6.46. The quantitative estimate of drug-likeness (QED) is 0.257. The fraction of sp³-hybridized carbons (Fsp3) is 0.125. The molecule has 0 aliphatic carbocycles. The van der Waals surface area contributed by atoms with Gasteiger partial charge in [-0.3, -0.25) is 14.2 Å². The first kappa shape index (κ1) is 26.3. The van der Waals surface area contributed by atoms with Crippen LogP contribution in [0.1, 0.15) is 24.2 Å². The normalized spacial score (nSPS) is 12.0. The molecule has 0 bridgehead atoms. The Hall–Kier alpha value is -4.95. The molecule has 3 aromatic heterocycles. The molecular weight excluding hydrogens is 538 g/mol. The van der Waals surface area contributed by atoms with Crippen molar-refractivity contribution in [3.8, 4) is 11.4 Å². The fourth-order valence-electron chi connectivity index (χ4n) is 5.08. The standard InChI is InChI=1S/C32H26ClN5O3/c1-20(26-17-22-7-6-10-25(33)28(22)32(40)38(26)23-8-4-3-5-9-23)36-30-29-27(39)15-16-37(31(29)35-19-34-30)18-21-11-13-24(41-2)14-12-21/h3-17,19-20H,18H2,1-2H3,(H,34,35,36)/t20-/m0/s1. The molecule has 6 aromatic rings. The van der Waals surface area contributed by atoms with Crippen LogP contribution in [-0.4, -0.2) is 26.2 Å². The van der Waals surface area contributed by atoms with Crippen molar-refractivity contribution >= 4 is 39.2 Å². The molecular formula is C32H26ClN5O3. The van der Waals surface area contributed by atoms with Gasteiger partial charge in [-0.05, 0) is 54.3 Å². The van der Waals surface area contributed by atoms with E-state index in [1.807, 2.05) is 84.3 Å². The number of para-hydroxylation sites is 1. The smallest absolute Gasteiger partial charge is 0.264 e. The molecule has 0 unspecified atom stereocenters. The summed E-state index contributed by atoms with van der Waals surface area (Å²) < 4.78 is 8.82. The van der Waals surface area contributed by atoms with Gasteiger partial charge in [0.15, 0.2) is 5.43 Å².